The van der Waals surface area contributed by atoms with Crippen LogP contribution in [0.15, 0.2) is 48.5 Å². The van der Waals surface area contributed by atoms with E-state index in [1.165, 1.54) is 11.0 Å². The molecule has 0 aliphatic heterocycles. The number of carbonyl (C=O) groups is 2. The molecule has 0 fully saturated rings. The highest BCUT2D eigenvalue weighted by atomic mass is 19.1. The first-order chi connectivity index (χ1) is 13.8. The first kappa shape index (κ1) is 22.4. The van der Waals surface area contributed by atoms with Crippen LogP contribution in [-0.2, 0) is 22.6 Å². The molecular weight excluding hydrogens is 371 g/mol. The highest BCUT2D eigenvalue weighted by Gasteiger charge is 2.27. The maximum Gasteiger partial charge on any atom is 0.242 e. The molecule has 6 heteroatoms. The Morgan fingerprint density at radius 3 is 2.34 bits per heavy atom. The summed E-state index contributed by atoms with van der Waals surface area (Å²) in [7, 11) is 1.58. The Morgan fingerprint density at radius 1 is 1.10 bits per heavy atom. The summed E-state index contributed by atoms with van der Waals surface area (Å²) in [4.78, 5) is 27.2. The third-order valence-electron chi connectivity index (χ3n) is 4.98. The molecule has 1 N–H and O–H groups in total. The van der Waals surface area contributed by atoms with Crippen LogP contribution in [0.3, 0.4) is 0 Å². The molecule has 2 amide bonds. The largest absolute Gasteiger partial charge is 0.497 e. The Bertz CT molecular complexity index is 823. The minimum absolute atomic E-state index is 0.00876. The highest BCUT2D eigenvalue weighted by molar-refractivity contribution is 5.88. The van der Waals surface area contributed by atoms with Gasteiger partial charge in [0.15, 0.2) is 0 Å². The minimum atomic E-state index is -0.689. The smallest absolute Gasteiger partial charge is 0.242 e. The number of nitrogens with one attached hydrogen (secondary N) is 1. The summed E-state index contributed by atoms with van der Waals surface area (Å²) in [5.41, 5.74) is 1.17. The second-order valence-electron chi connectivity index (χ2n) is 7.13. The van der Waals surface area contributed by atoms with E-state index in [1.54, 1.807) is 44.4 Å². The summed E-state index contributed by atoms with van der Waals surface area (Å²) >= 11 is 0. The van der Waals surface area contributed by atoms with E-state index in [2.05, 4.69) is 5.32 Å². The molecule has 0 spiro atoms. The summed E-state index contributed by atoms with van der Waals surface area (Å²) in [5, 5.41) is 2.92. The van der Waals surface area contributed by atoms with Gasteiger partial charge in [-0.15, -0.1) is 0 Å². The lowest BCUT2D eigenvalue weighted by molar-refractivity contribution is -0.140. The van der Waals surface area contributed by atoms with Gasteiger partial charge in [-0.3, -0.25) is 9.59 Å². The molecular formula is C23H29FN2O3. The van der Waals surface area contributed by atoms with Gasteiger partial charge in [-0.1, -0.05) is 37.3 Å². The lowest BCUT2D eigenvalue weighted by atomic mass is 10.1. The zero-order valence-corrected chi connectivity index (χ0v) is 17.4. The molecule has 0 saturated carbocycles. The number of hydrogen-bond acceptors (Lipinski definition) is 3. The van der Waals surface area contributed by atoms with Crippen LogP contribution in [0.2, 0.25) is 0 Å². The topological polar surface area (TPSA) is 58.6 Å². The molecule has 0 aliphatic rings. The van der Waals surface area contributed by atoms with Crippen molar-refractivity contribution in [1.29, 1.82) is 0 Å². The Balaban J connectivity index is 2.24. The van der Waals surface area contributed by atoms with Crippen molar-refractivity contribution in [2.45, 2.75) is 52.2 Å². The summed E-state index contributed by atoms with van der Waals surface area (Å²) < 4.78 is 19.2. The number of methoxy groups -OCH3 is 1. The van der Waals surface area contributed by atoms with Gasteiger partial charge < -0.3 is 15.0 Å². The maximum atomic E-state index is 14.0. The lowest BCUT2D eigenvalue weighted by Crippen LogP contribution is -2.49. The maximum absolute atomic E-state index is 14.0. The molecule has 0 saturated heterocycles. The molecule has 0 aromatic heterocycles. The quantitative estimate of drug-likeness (QED) is 0.698. The highest BCUT2D eigenvalue weighted by Crippen LogP contribution is 2.17. The molecule has 0 unspecified atom stereocenters. The number of rotatable bonds is 9. The molecule has 0 heterocycles. The SMILES string of the molecule is CC[C@H](C)NC(=O)[C@H](C)N(Cc1ccc(OC)cc1)C(=O)Cc1ccccc1F. The van der Waals surface area contributed by atoms with Crippen LogP contribution in [-0.4, -0.2) is 35.9 Å². The normalized spacial score (nSPS) is 12.7. The standard InChI is InChI=1S/C23H29FN2O3/c1-5-16(2)25-23(28)17(3)26(15-18-10-12-20(29-4)13-11-18)22(27)14-19-8-6-7-9-21(19)24/h6-13,16-17H,5,14-15H2,1-4H3,(H,25,28)/t16-,17-/m0/s1. The van der Waals surface area contributed by atoms with Gasteiger partial charge >= 0.3 is 0 Å². The van der Waals surface area contributed by atoms with Gasteiger partial charge in [0.05, 0.1) is 13.5 Å². The lowest BCUT2D eigenvalue weighted by Gasteiger charge is -2.30. The molecule has 0 bridgehead atoms. The summed E-state index contributed by atoms with van der Waals surface area (Å²) in [5.74, 6) is -0.255. The third-order valence-corrected chi connectivity index (χ3v) is 4.98. The number of halogens is 1. The zero-order valence-electron chi connectivity index (χ0n) is 17.4. The molecule has 29 heavy (non-hydrogen) atoms. The van der Waals surface area contributed by atoms with Crippen molar-refractivity contribution in [3.8, 4) is 5.75 Å². The first-order valence-corrected chi connectivity index (χ1v) is 9.81. The Morgan fingerprint density at radius 2 is 1.76 bits per heavy atom. The number of hydrogen-bond donors (Lipinski definition) is 1. The molecule has 2 atom stereocenters. The average molecular weight is 400 g/mol. The molecule has 2 aromatic carbocycles. The second-order valence-corrected chi connectivity index (χ2v) is 7.13. The number of carbonyl (C=O) groups excluding carboxylic acids is 2. The fraction of sp³-hybridized carbons (Fsp3) is 0.391. The van der Waals surface area contributed by atoms with Crippen LogP contribution in [0, 0.1) is 5.82 Å². The minimum Gasteiger partial charge on any atom is -0.497 e. The molecule has 5 nitrogen and oxygen atoms in total. The fourth-order valence-electron chi connectivity index (χ4n) is 2.88. The van der Waals surface area contributed by atoms with E-state index < -0.39 is 11.9 Å². The van der Waals surface area contributed by atoms with Crippen molar-refractivity contribution in [3.05, 3.63) is 65.5 Å². The first-order valence-electron chi connectivity index (χ1n) is 9.81. The monoisotopic (exact) mass is 400 g/mol. The van der Waals surface area contributed by atoms with Gasteiger partial charge in [0, 0.05) is 12.6 Å². The summed E-state index contributed by atoms with van der Waals surface area (Å²) in [6, 6.07) is 12.8. The van der Waals surface area contributed by atoms with Crippen LogP contribution in [0.5, 0.6) is 5.75 Å². The molecule has 0 radical (unpaired) electrons. The predicted molar refractivity (Wildman–Crippen MR) is 111 cm³/mol. The van der Waals surface area contributed by atoms with Crippen LogP contribution >= 0.6 is 0 Å². The fourth-order valence-corrected chi connectivity index (χ4v) is 2.88. The molecule has 0 aliphatic carbocycles. The Hall–Kier alpha value is -2.89. The van der Waals surface area contributed by atoms with E-state index >= 15 is 0 Å². The number of ether oxygens (including phenoxy) is 1. The van der Waals surface area contributed by atoms with Crippen LogP contribution in [0.4, 0.5) is 4.39 Å². The van der Waals surface area contributed by atoms with Gasteiger partial charge in [-0.25, -0.2) is 4.39 Å². The van der Waals surface area contributed by atoms with Crippen LogP contribution < -0.4 is 10.1 Å². The van der Waals surface area contributed by atoms with Crippen LogP contribution in [0.25, 0.3) is 0 Å². The third kappa shape index (κ3) is 6.31. The molecule has 2 aromatic rings. The Kier molecular flexibility index (Phi) is 8.19. The van der Waals surface area contributed by atoms with Crippen molar-refractivity contribution in [2.24, 2.45) is 0 Å². The number of amides is 2. The number of nitrogens with zero attached hydrogens (tertiary/aromatic N) is 1. The van der Waals surface area contributed by atoms with Gasteiger partial charge in [-0.2, -0.15) is 0 Å². The molecule has 156 valence electrons. The van der Waals surface area contributed by atoms with Gasteiger partial charge in [-0.05, 0) is 49.6 Å². The summed E-state index contributed by atoms with van der Waals surface area (Å²) in [6.45, 7) is 5.83. The van der Waals surface area contributed by atoms with E-state index in [0.717, 1.165) is 12.0 Å². The Labute approximate surface area is 171 Å². The van der Waals surface area contributed by atoms with Crippen molar-refractivity contribution in [1.82, 2.24) is 10.2 Å². The van der Waals surface area contributed by atoms with E-state index in [0.29, 0.717) is 11.3 Å². The number of benzene rings is 2. The van der Waals surface area contributed by atoms with Crippen molar-refractivity contribution in [3.63, 3.8) is 0 Å². The van der Waals surface area contributed by atoms with Crippen molar-refractivity contribution < 1.29 is 18.7 Å². The van der Waals surface area contributed by atoms with Gasteiger partial charge in [0.25, 0.3) is 0 Å². The van der Waals surface area contributed by atoms with Crippen molar-refractivity contribution in [2.75, 3.05) is 7.11 Å². The van der Waals surface area contributed by atoms with E-state index in [4.69, 9.17) is 4.74 Å². The van der Waals surface area contributed by atoms with E-state index in [1.807, 2.05) is 26.0 Å². The second kappa shape index (κ2) is 10.6. The van der Waals surface area contributed by atoms with E-state index in [-0.39, 0.29) is 30.8 Å². The average Bonchev–Trinajstić information content (AvgIpc) is 2.73. The van der Waals surface area contributed by atoms with Gasteiger partial charge in [0.1, 0.15) is 17.6 Å². The van der Waals surface area contributed by atoms with Gasteiger partial charge in [0.2, 0.25) is 11.8 Å². The summed E-state index contributed by atoms with van der Waals surface area (Å²) in [6.07, 6.45) is 0.684. The van der Waals surface area contributed by atoms with Crippen molar-refractivity contribution >= 4 is 11.8 Å². The van der Waals surface area contributed by atoms with Crippen LogP contribution in [0.1, 0.15) is 38.3 Å². The molecule has 2 rings (SSSR count). The zero-order chi connectivity index (χ0) is 21.4. The predicted octanol–water partition coefficient (Wildman–Crippen LogP) is 3.71. The van der Waals surface area contributed by atoms with E-state index in [9.17, 15) is 14.0 Å².